The fourth-order valence-corrected chi connectivity index (χ4v) is 2.35. The van der Waals surface area contributed by atoms with Crippen molar-refractivity contribution in [3.8, 4) is 0 Å². The van der Waals surface area contributed by atoms with Crippen LogP contribution in [-0.2, 0) is 0 Å². The van der Waals surface area contributed by atoms with Gasteiger partial charge in [-0.2, -0.15) is 0 Å². The van der Waals surface area contributed by atoms with Gasteiger partial charge in [0.05, 0.1) is 6.26 Å². The average Bonchev–Trinajstić information content (AvgIpc) is 3.02. The van der Waals surface area contributed by atoms with Crippen molar-refractivity contribution in [1.82, 2.24) is 5.32 Å². The number of rotatable bonds is 3. The first-order chi connectivity index (χ1) is 9.20. The van der Waals surface area contributed by atoms with Crippen LogP contribution >= 0.6 is 0 Å². The Bertz CT molecular complexity index is 700. The zero-order valence-corrected chi connectivity index (χ0v) is 10.7. The standard InChI is InChI=1S/C15H14FNO2/c1-9-11-8-10(16)5-6-12(11)19-15(9)14(17-2)13-4-3-7-18-13/h3-8,14,17H,1-2H3. The SMILES string of the molecule is CNC(c1ccco1)c1oc2ccc(F)cc2c1C. The Balaban J connectivity index is 2.16. The van der Waals surface area contributed by atoms with Crippen LogP contribution in [0.4, 0.5) is 4.39 Å². The summed E-state index contributed by atoms with van der Waals surface area (Å²) in [7, 11) is 1.83. The van der Waals surface area contributed by atoms with Crippen molar-refractivity contribution in [2.45, 2.75) is 13.0 Å². The first-order valence-corrected chi connectivity index (χ1v) is 6.10. The minimum atomic E-state index is -0.262. The third-order valence-electron chi connectivity index (χ3n) is 3.31. The summed E-state index contributed by atoms with van der Waals surface area (Å²) in [4.78, 5) is 0. The Hall–Kier alpha value is -2.07. The third kappa shape index (κ3) is 1.94. The van der Waals surface area contributed by atoms with Gasteiger partial charge in [-0.25, -0.2) is 4.39 Å². The molecule has 0 radical (unpaired) electrons. The number of fused-ring (bicyclic) bond motifs is 1. The summed E-state index contributed by atoms with van der Waals surface area (Å²) in [6, 6.07) is 8.08. The van der Waals surface area contributed by atoms with E-state index in [1.165, 1.54) is 12.1 Å². The second kappa shape index (κ2) is 4.55. The number of nitrogens with one attached hydrogen (secondary N) is 1. The van der Waals surface area contributed by atoms with E-state index in [1.807, 2.05) is 26.1 Å². The molecule has 1 unspecified atom stereocenters. The summed E-state index contributed by atoms with van der Waals surface area (Å²) in [5, 5.41) is 3.95. The second-order valence-corrected chi connectivity index (χ2v) is 4.47. The Morgan fingerprint density at radius 1 is 1.26 bits per heavy atom. The van der Waals surface area contributed by atoms with Crippen LogP contribution in [0.15, 0.2) is 45.4 Å². The molecule has 0 spiro atoms. The van der Waals surface area contributed by atoms with E-state index in [0.717, 1.165) is 22.5 Å². The summed E-state index contributed by atoms with van der Waals surface area (Å²) < 4.78 is 24.6. The number of hydrogen-bond donors (Lipinski definition) is 1. The predicted octanol–water partition coefficient (Wildman–Crippen LogP) is 3.78. The van der Waals surface area contributed by atoms with Crippen molar-refractivity contribution in [3.63, 3.8) is 0 Å². The number of aryl methyl sites for hydroxylation is 1. The maximum atomic E-state index is 13.3. The van der Waals surface area contributed by atoms with Crippen molar-refractivity contribution in [2.75, 3.05) is 7.05 Å². The van der Waals surface area contributed by atoms with Gasteiger partial charge in [-0.15, -0.1) is 0 Å². The molecule has 98 valence electrons. The summed E-state index contributed by atoms with van der Waals surface area (Å²) in [5.41, 5.74) is 1.60. The maximum Gasteiger partial charge on any atom is 0.134 e. The number of halogens is 1. The topological polar surface area (TPSA) is 38.3 Å². The molecule has 1 N–H and O–H groups in total. The summed E-state index contributed by atoms with van der Waals surface area (Å²) in [5.74, 6) is 1.25. The van der Waals surface area contributed by atoms with E-state index in [2.05, 4.69) is 5.32 Å². The molecule has 0 aliphatic carbocycles. The van der Waals surface area contributed by atoms with Gasteiger partial charge in [-0.1, -0.05) is 0 Å². The number of furan rings is 2. The van der Waals surface area contributed by atoms with Crippen molar-refractivity contribution in [1.29, 1.82) is 0 Å². The average molecular weight is 259 g/mol. The van der Waals surface area contributed by atoms with E-state index in [1.54, 1.807) is 12.3 Å². The molecule has 2 heterocycles. The molecule has 19 heavy (non-hydrogen) atoms. The molecule has 1 atom stereocenters. The lowest BCUT2D eigenvalue weighted by Gasteiger charge is -2.11. The molecule has 1 aromatic carbocycles. The van der Waals surface area contributed by atoms with Crippen molar-refractivity contribution >= 4 is 11.0 Å². The highest BCUT2D eigenvalue weighted by molar-refractivity contribution is 5.82. The van der Waals surface area contributed by atoms with Crippen molar-refractivity contribution in [2.24, 2.45) is 0 Å². The van der Waals surface area contributed by atoms with Crippen LogP contribution in [-0.4, -0.2) is 7.05 Å². The van der Waals surface area contributed by atoms with Gasteiger partial charge in [0, 0.05) is 10.9 Å². The van der Waals surface area contributed by atoms with Crippen LogP contribution in [0.3, 0.4) is 0 Å². The lowest BCUT2D eigenvalue weighted by molar-refractivity contribution is 0.412. The lowest BCUT2D eigenvalue weighted by Crippen LogP contribution is -2.17. The molecule has 0 saturated heterocycles. The van der Waals surface area contributed by atoms with Gasteiger partial charge in [-0.3, -0.25) is 0 Å². The molecule has 0 aliphatic rings. The molecule has 0 bridgehead atoms. The van der Waals surface area contributed by atoms with E-state index < -0.39 is 0 Å². The minimum Gasteiger partial charge on any atom is -0.467 e. The molecule has 0 amide bonds. The Labute approximate surface area is 110 Å². The molecule has 0 fully saturated rings. The monoisotopic (exact) mass is 259 g/mol. The zero-order valence-electron chi connectivity index (χ0n) is 10.7. The quantitative estimate of drug-likeness (QED) is 0.777. The van der Waals surface area contributed by atoms with Gasteiger partial charge < -0.3 is 14.2 Å². The molecule has 3 nitrogen and oxygen atoms in total. The molecular formula is C15H14FNO2. The van der Waals surface area contributed by atoms with Gasteiger partial charge in [-0.05, 0) is 44.3 Å². The molecule has 3 rings (SSSR count). The minimum absolute atomic E-state index is 0.175. The lowest BCUT2D eigenvalue weighted by atomic mass is 10.1. The van der Waals surface area contributed by atoms with Crippen LogP contribution in [0.25, 0.3) is 11.0 Å². The van der Waals surface area contributed by atoms with E-state index in [0.29, 0.717) is 5.58 Å². The highest BCUT2D eigenvalue weighted by atomic mass is 19.1. The molecule has 0 aliphatic heterocycles. The van der Waals surface area contributed by atoms with Gasteiger partial charge in [0.25, 0.3) is 0 Å². The van der Waals surface area contributed by atoms with Gasteiger partial charge >= 0.3 is 0 Å². The first-order valence-electron chi connectivity index (χ1n) is 6.10. The highest BCUT2D eigenvalue weighted by Gasteiger charge is 2.22. The van der Waals surface area contributed by atoms with Gasteiger partial charge in [0.15, 0.2) is 0 Å². The number of hydrogen-bond acceptors (Lipinski definition) is 3. The van der Waals surface area contributed by atoms with Gasteiger partial charge in [0.2, 0.25) is 0 Å². The first kappa shape index (κ1) is 12.0. The summed E-state index contributed by atoms with van der Waals surface area (Å²) >= 11 is 0. The maximum absolute atomic E-state index is 13.3. The Kier molecular flexibility index (Phi) is 2.87. The molecule has 2 aromatic heterocycles. The van der Waals surface area contributed by atoms with Crippen LogP contribution in [0, 0.1) is 12.7 Å². The van der Waals surface area contributed by atoms with E-state index >= 15 is 0 Å². The second-order valence-electron chi connectivity index (χ2n) is 4.47. The normalized spacial score (nSPS) is 13.0. The summed E-state index contributed by atoms with van der Waals surface area (Å²) in [6.07, 6.45) is 1.62. The smallest absolute Gasteiger partial charge is 0.134 e. The van der Waals surface area contributed by atoms with E-state index in [9.17, 15) is 4.39 Å². The zero-order chi connectivity index (χ0) is 13.4. The predicted molar refractivity (Wildman–Crippen MR) is 70.5 cm³/mol. The molecular weight excluding hydrogens is 245 g/mol. The van der Waals surface area contributed by atoms with Crippen molar-refractivity contribution < 1.29 is 13.2 Å². The fourth-order valence-electron chi connectivity index (χ4n) is 2.35. The summed E-state index contributed by atoms with van der Waals surface area (Å²) in [6.45, 7) is 1.92. The van der Waals surface area contributed by atoms with E-state index in [-0.39, 0.29) is 11.9 Å². The molecule has 0 saturated carbocycles. The van der Waals surface area contributed by atoms with E-state index in [4.69, 9.17) is 8.83 Å². The van der Waals surface area contributed by atoms with Crippen LogP contribution < -0.4 is 5.32 Å². The molecule has 3 aromatic rings. The molecule has 4 heteroatoms. The van der Waals surface area contributed by atoms with Gasteiger partial charge in [0.1, 0.15) is 29.0 Å². The Morgan fingerprint density at radius 3 is 2.79 bits per heavy atom. The van der Waals surface area contributed by atoms with Crippen molar-refractivity contribution in [3.05, 3.63) is 59.5 Å². The van der Waals surface area contributed by atoms with Crippen LogP contribution in [0.1, 0.15) is 23.1 Å². The van der Waals surface area contributed by atoms with Crippen LogP contribution in [0.2, 0.25) is 0 Å². The largest absolute Gasteiger partial charge is 0.467 e. The Morgan fingerprint density at radius 2 is 2.11 bits per heavy atom. The number of benzene rings is 1. The van der Waals surface area contributed by atoms with Crippen LogP contribution in [0.5, 0.6) is 0 Å². The highest BCUT2D eigenvalue weighted by Crippen LogP contribution is 2.33. The third-order valence-corrected chi connectivity index (χ3v) is 3.31. The fraction of sp³-hybridized carbons (Fsp3) is 0.200.